The number of rotatable bonds is 6. The van der Waals surface area contributed by atoms with Crippen LogP contribution in [0.4, 0.5) is 5.00 Å². The molecule has 0 aliphatic carbocycles. The molecule has 1 amide bonds. The molecule has 0 saturated carbocycles. The number of aliphatic carboxylic acids is 1. The smallest absolute Gasteiger partial charge is 0.341 e. The molecule has 2 rings (SSSR count). The summed E-state index contributed by atoms with van der Waals surface area (Å²) >= 11 is 1.27. The van der Waals surface area contributed by atoms with E-state index in [0.717, 1.165) is 10.4 Å². The van der Waals surface area contributed by atoms with Crippen molar-refractivity contribution in [1.29, 1.82) is 0 Å². The molecule has 1 atom stereocenters. The van der Waals surface area contributed by atoms with Gasteiger partial charge in [-0.15, -0.1) is 11.3 Å². The number of anilines is 1. The molecule has 0 radical (unpaired) electrons. The third-order valence-corrected chi connectivity index (χ3v) is 4.81. The normalized spacial score (nSPS) is 11.8. The maximum Gasteiger partial charge on any atom is 0.341 e. The molecule has 0 saturated heterocycles. The van der Waals surface area contributed by atoms with Crippen LogP contribution in [-0.2, 0) is 9.53 Å². The summed E-state index contributed by atoms with van der Waals surface area (Å²) < 4.78 is 6.23. The fourth-order valence-corrected chi connectivity index (χ4v) is 3.16. The summed E-state index contributed by atoms with van der Waals surface area (Å²) in [5, 5.41) is 16.0. The van der Waals surface area contributed by atoms with E-state index in [1.165, 1.54) is 35.2 Å². The van der Waals surface area contributed by atoms with Gasteiger partial charge in [0.05, 0.1) is 12.2 Å². The lowest BCUT2D eigenvalue weighted by atomic mass is 10.1. The number of carboxylic acid groups (broad SMARTS) is 1. The van der Waals surface area contributed by atoms with Crippen molar-refractivity contribution in [3.05, 3.63) is 34.0 Å². The van der Waals surface area contributed by atoms with Crippen LogP contribution < -0.4 is 5.32 Å². The fourth-order valence-electron chi connectivity index (χ4n) is 2.12. The van der Waals surface area contributed by atoms with Gasteiger partial charge in [-0.2, -0.15) is 5.10 Å². The average molecular weight is 365 g/mol. The molecule has 0 bridgehead atoms. The van der Waals surface area contributed by atoms with Crippen molar-refractivity contribution >= 4 is 34.2 Å². The molecule has 8 nitrogen and oxygen atoms in total. The minimum absolute atomic E-state index is 0.0617. The van der Waals surface area contributed by atoms with Gasteiger partial charge in [0.15, 0.2) is 5.69 Å². The number of nitrogens with one attached hydrogen (secondary N) is 1. The van der Waals surface area contributed by atoms with Crippen LogP contribution >= 0.6 is 11.3 Å². The van der Waals surface area contributed by atoms with E-state index in [-0.39, 0.29) is 12.3 Å². The van der Waals surface area contributed by atoms with E-state index in [2.05, 4.69) is 10.4 Å². The number of carbonyl (C=O) groups is 3. The first-order valence-corrected chi connectivity index (χ1v) is 8.44. The largest absolute Gasteiger partial charge is 0.480 e. The van der Waals surface area contributed by atoms with Crippen molar-refractivity contribution in [2.75, 3.05) is 11.9 Å². The molecule has 0 spiro atoms. The molecular weight excluding hydrogens is 346 g/mol. The predicted octanol–water partition coefficient (Wildman–Crippen LogP) is 2.64. The molecule has 2 N–H and O–H groups in total. The summed E-state index contributed by atoms with van der Waals surface area (Å²) in [5.74, 6) is -2.07. The number of thiophene rings is 1. The predicted molar refractivity (Wildman–Crippen MR) is 92.3 cm³/mol. The molecule has 0 fully saturated rings. The van der Waals surface area contributed by atoms with Crippen molar-refractivity contribution in [2.45, 2.75) is 33.7 Å². The van der Waals surface area contributed by atoms with Crippen molar-refractivity contribution in [3.63, 3.8) is 0 Å². The summed E-state index contributed by atoms with van der Waals surface area (Å²) in [6.45, 7) is 7.04. The van der Waals surface area contributed by atoms with Crippen LogP contribution in [0.15, 0.2) is 12.3 Å². The molecular formula is C16H19N3O5S. The average Bonchev–Trinajstić information content (AvgIpc) is 3.13. The minimum atomic E-state index is -1.05. The highest BCUT2D eigenvalue weighted by atomic mass is 32.1. The molecule has 0 aliphatic heterocycles. The van der Waals surface area contributed by atoms with E-state index in [1.807, 2.05) is 6.92 Å². The summed E-state index contributed by atoms with van der Waals surface area (Å²) in [6.07, 6.45) is 1.42. The first-order valence-electron chi connectivity index (χ1n) is 7.62. The van der Waals surface area contributed by atoms with Crippen LogP contribution in [0.3, 0.4) is 0 Å². The number of aromatic nitrogens is 2. The van der Waals surface area contributed by atoms with Crippen molar-refractivity contribution < 1.29 is 24.2 Å². The molecule has 2 heterocycles. The second-order valence-electron chi connectivity index (χ2n) is 5.36. The monoisotopic (exact) mass is 365 g/mol. The summed E-state index contributed by atoms with van der Waals surface area (Å²) in [7, 11) is 0. The van der Waals surface area contributed by atoms with Crippen molar-refractivity contribution in [2.24, 2.45) is 0 Å². The van der Waals surface area contributed by atoms with Gasteiger partial charge >= 0.3 is 11.9 Å². The van der Waals surface area contributed by atoms with E-state index in [9.17, 15) is 14.4 Å². The van der Waals surface area contributed by atoms with E-state index in [1.54, 1.807) is 13.8 Å². The highest BCUT2D eigenvalue weighted by molar-refractivity contribution is 7.16. The number of amides is 1. The molecule has 0 aromatic carbocycles. The topological polar surface area (TPSA) is 111 Å². The number of carboxylic acids is 1. The Hall–Kier alpha value is -2.68. The highest BCUT2D eigenvalue weighted by Gasteiger charge is 2.23. The molecule has 9 heteroatoms. The Bertz CT molecular complexity index is 824. The van der Waals surface area contributed by atoms with Gasteiger partial charge in [-0.3, -0.25) is 9.48 Å². The fraction of sp³-hybridized carbons (Fsp3) is 0.375. The maximum atomic E-state index is 12.4. The summed E-state index contributed by atoms with van der Waals surface area (Å²) in [4.78, 5) is 36.4. The second kappa shape index (κ2) is 7.47. The van der Waals surface area contributed by atoms with Gasteiger partial charge in [-0.1, -0.05) is 0 Å². The Morgan fingerprint density at radius 2 is 2.08 bits per heavy atom. The zero-order valence-electron chi connectivity index (χ0n) is 14.3. The number of nitrogens with zero attached hydrogens (tertiary/aromatic N) is 2. The number of aryl methyl sites for hydroxylation is 1. The van der Waals surface area contributed by atoms with Gasteiger partial charge in [-0.25, -0.2) is 9.59 Å². The lowest BCUT2D eigenvalue weighted by molar-refractivity contribution is -0.140. The van der Waals surface area contributed by atoms with E-state index >= 15 is 0 Å². The summed E-state index contributed by atoms with van der Waals surface area (Å²) in [6, 6.07) is 0.537. The number of esters is 1. The first kappa shape index (κ1) is 18.7. The standard InChI is InChI=1S/C16H19N3O5S/c1-5-24-16(23)12-8(2)10(4)25-14(12)17-13(20)11-6-7-19(18-11)9(3)15(21)22/h6-7,9H,5H2,1-4H3,(H,17,20)(H,21,22). The minimum Gasteiger partial charge on any atom is -0.480 e. The van der Waals surface area contributed by atoms with Gasteiger partial charge in [0.1, 0.15) is 11.0 Å². The van der Waals surface area contributed by atoms with Crippen LogP contribution in [0.2, 0.25) is 0 Å². The molecule has 1 unspecified atom stereocenters. The Balaban J connectivity index is 2.25. The highest BCUT2D eigenvalue weighted by Crippen LogP contribution is 2.33. The SMILES string of the molecule is CCOC(=O)c1c(NC(=O)c2ccn(C(C)C(=O)O)n2)sc(C)c1C. The zero-order valence-corrected chi connectivity index (χ0v) is 15.1. The maximum absolute atomic E-state index is 12.4. The lowest BCUT2D eigenvalue weighted by Gasteiger charge is -2.07. The Morgan fingerprint density at radius 3 is 2.68 bits per heavy atom. The molecule has 0 aliphatic rings. The zero-order chi connectivity index (χ0) is 18.7. The number of ether oxygens (including phenoxy) is 1. The quantitative estimate of drug-likeness (QED) is 0.762. The molecule has 2 aromatic heterocycles. The second-order valence-corrected chi connectivity index (χ2v) is 6.58. The molecule has 134 valence electrons. The third-order valence-electron chi connectivity index (χ3n) is 3.69. The van der Waals surface area contributed by atoms with Crippen LogP contribution in [0.5, 0.6) is 0 Å². The Kier molecular flexibility index (Phi) is 5.58. The Labute approximate surface area is 148 Å². The van der Waals surface area contributed by atoms with E-state index in [4.69, 9.17) is 9.84 Å². The van der Waals surface area contributed by atoms with Gasteiger partial charge in [0, 0.05) is 11.1 Å². The van der Waals surface area contributed by atoms with Gasteiger partial charge in [0.25, 0.3) is 5.91 Å². The van der Waals surface area contributed by atoms with Crippen LogP contribution in [-0.4, -0.2) is 39.3 Å². The van der Waals surface area contributed by atoms with Crippen molar-refractivity contribution in [1.82, 2.24) is 9.78 Å². The van der Waals surface area contributed by atoms with E-state index in [0.29, 0.717) is 10.6 Å². The van der Waals surface area contributed by atoms with Crippen LogP contribution in [0, 0.1) is 13.8 Å². The number of carbonyl (C=O) groups excluding carboxylic acids is 2. The Morgan fingerprint density at radius 1 is 1.40 bits per heavy atom. The third kappa shape index (κ3) is 3.87. The summed E-state index contributed by atoms with van der Waals surface area (Å²) in [5.41, 5.74) is 1.14. The van der Waals surface area contributed by atoms with Crippen LogP contribution in [0.1, 0.15) is 51.2 Å². The van der Waals surface area contributed by atoms with Crippen LogP contribution in [0.25, 0.3) is 0 Å². The molecule has 25 heavy (non-hydrogen) atoms. The first-order chi connectivity index (χ1) is 11.8. The van der Waals surface area contributed by atoms with Gasteiger partial charge in [0.2, 0.25) is 0 Å². The number of hydrogen-bond donors (Lipinski definition) is 2. The van der Waals surface area contributed by atoms with Gasteiger partial charge < -0.3 is 15.2 Å². The number of hydrogen-bond acceptors (Lipinski definition) is 6. The molecule has 2 aromatic rings. The lowest BCUT2D eigenvalue weighted by Crippen LogP contribution is -2.18. The van der Waals surface area contributed by atoms with Crippen molar-refractivity contribution in [3.8, 4) is 0 Å². The van der Waals surface area contributed by atoms with E-state index < -0.39 is 23.9 Å². The van der Waals surface area contributed by atoms with Gasteiger partial charge in [-0.05, 0) is 39.3 Å².